The predicted molar refractivity (Wildman–Crippen MR) is 81.5 cm³/mol. The summed E-state index contributed by atoms with van der Waals surface area (Å²) in [5.41, 5.74) is 7.71. The molecule has 0 saturated carbocycles. The number of nitrogens with one attached hydrogen (secondary N) is 1. The van der Waals surface area contributed by atoms with Crippen molar-refractivity contribution in [2.45, 2.75) is 39.8 Å². The second-order valence-corrected chi connectivity index (χ2v) is 5.13. The first kappa shape index (κ1) is 14.5. The molecule has 108 valence electrons. The van der Waals surface area contributed by atoms with Crippen molar-refractivity contribution in [2.75, 3.05) is 5.32 Å². The molecule has 2 rings (SSSR count). The van der Waals surface area contributed by atoms with Gasteiger partial charge in [-0.25, -0.2) is 0 Å². The van der Waals surface area contributed by atoms with Gasteiger partial charge in [0.15, 0.2) is 0 Å². The van der Waals surface area contributed by atoms with Gasteiger partial charge in [-0.3, -0.25) is 9.48 Å². The molecule has 1 aromatic heterocycles. The van der Waals surface area contributed by atoms with Crippen LogP contribution in [0.5, 0.6) is 0 Å². The summed E-state index contributed by atoms with van der Waals surface area (Å²) < 4.78 is 1.90. The first-order valence-electron chi connectivity index (χ1n) is 7.08. The predicted octanol–water partition coefficient (Wildman–Crippen LogP) is 2.37. The highest BCUT2D eigenvalue weighted by Gasteiger charge is 2.19. The van der Waals surface area contributed by atoms with Gasteiger partial charge in [0, 0.05) is 17.6 Å². The topological polar surface area (TPSA) is 72.9 Å². The Morgan fingerprint density at radius 3 is 2.85 bits per heavy atom. The van der Waals surface area contributed by atoms with E-state index >= 15 is 0 Å². The van der Waals surface area contributed by atoms with Crippen molar-refractivity contribution in [3.63, 3.8) is 0 Å². The van der Waals surface area contributed by atoms with Gasteiger partial charge < -0.3 is 11.1 Å². The van der Waals surface area contributed by atoms with Crippen LogP contribution in [0.25, 0.3) is 10.9 Å². The van der Waals surface area contributed by atoms with Crippen LogP contribution in [-0.4, -0.2) is 21.7 Å². The van der Waals surface area contributed by atoms with E-state index in [0.717, 1.165) is 29.6 Å². The van der Waals surface area contributed by atoms with Crippen LogP contribution < -0.4 is 11.1 Å². The fraction of sp³-hybridized carbons (Fsp3) is 0.467. The molecule has 2 aromatic rings. The number of aryl methyl sites for hydroxylation is 1. The van der Waals surface area contributed by atoms with E-state index in [-0.39, 0.29) is 11.8 Å². The van der Waals surface area contributed by atoms with Gasteiger partial charge in [0.2, 0.25) is 5.91 Å². The lowest BCUT2D eigenvalue weighted by Gasteiger charge is -2.17. The average Bonchev–Trinajstić information content (AvgIpc) is 2.87. The number of hydrogen-bond acceptors (Lipinski definition) is 3. The lowest BCUT2D eigenvalue weighted by atomic mass is 9.99. The number of nitrogens with two attached hydrogens (primary N) is 1. The van der Waals surface area contributed by atoms with Crippen molar-refractivity contribution in [2.24, 2.45) is 11.7 Å². The Hall–Kier alpha value is -1.88. The maximum absolute atomic E-state index is 12.1. The number of aromatic nitrogens is 2. The minimum absolute atomic E-state index is 0.138. The molecule has 0 aliphatic carbocycles. The molecule has 0 radical (unpaired) electrons. The summed E-state index contributed by atoms with van der Waals surface area (Å²) in [6, 6.07) is 5.30. The average molecular weight is 274 g/mol. The van der Waals surface area contributed by atoms with Crippen molar-refractivity contribution < 1.29 is 4.79 Å². The van der Waals surface area contributed by atoms with Crippen molar-refractivity contribution in [3.8, 4) is 0 Å². The summed E-state index contributed by atoms with van der Waals surface area (Å²) in [5.74, 6) is 0.0289. The van der Waals surface area contributed by atoms with Gasteiger partial charge in [0.25, 0.3) is 0 Å². The Labute approximate surface area is 119 Å². The number of anilines is 1. The normalized spacial score (nSPS) is 14.2. The smallest absolute Gasteiger partial charge is 0.241 e. The van der Waals surface area contributed by atoms with Crippen LogP contribution in [0.15, 0.2) is 24.4 Å². The summed E-state index contributed by atoms with van der Waals surface area (Å²) >= 11 is 0. The monoisotopic (exact) mass is 274 g/mol. The standard InChI is InChI=1S/C15H22N4O/c1-4-10(3)14(16)15(20)18-12-7-6-11-9-17-19(5-2)13(11)8-12/h6-10,14H,4-5,16H2,1-3H3,(H,18,20). The molecule has 0 spiro atoms. The van der Waals surface area contributed by atoms with E-state index in [1.165, 1.54) is 0 Å². The fourth-order valence-corrected chi connectivity index (χ4v) is 2.14. The van der Waals surface area contributed by atoms with Gasteiger partial charge >= 0.3 is 0 Å². The number of benzene rings is 1. The van der Waals surface area contributed by atoms with Crippen LogP contribution in [0.1, 0.15) is 27.2 Å². The molecule has 2 unspecified atom stereocenters. The zero-order valence-electron chi connectivity index (χ0n) is 12.3. The Bertz CT molecular complexity index is 605. The van der Waals surface area contributed by atoms with Gasteiger partial charge in [-0.05, 0) is 31.0 Å². The molecule has 5 heteroatoms. The van der Waals surface area contributed by atoms with E-state index in [0.29, 0.717) is 0 Å². The van der Waals surface area contributed by atoms with E-state index in [9.17, 15) is 4.79 Å². The lowest BCUT2D eigenvalue weighted by molar-refractivity contribution is -0.118. The highest BCUT2D eigenvalue weighted by molar-refractivity contribution is 5.96. The summed E-state index contributed by atoms with van der Waals surface area (Å²) in [6.45, 7) is 6.85. The minimum atomic E-state index is -0.480. The quantitative estimate of drug-likeness (QED) is 0.879. The van der Waals surface area contributed by atoms with Crippen LogP contribution in [-0.2, 0) is 11.3 Å². The largest absolute Gasteiger partial charge is 0.325 e. The Morgan fingerprint density at radius 1 is 1.45 bits per heavy atom. The third kappa shape index (κ3) is 2.82. The molecule has 0 aliphatic heterocycles. The third-order valence-electron chi connectivity index (χ3n) is 3.77. The highest BCUT2D eigenvalue weighted by Crippen LogP contribution is 2.19. The number of carbonyl (C=O) groups is 1. The SMILES string of the molecule is CCC(C)C(N)C(=O)Nc1ccc2cnn(CC)c2c1. The number of amides is 1. The minimum Gasteiger partial charge on any atom is -0.325 e. The molecule has 0 fully saturated rings. The number of rotatable bonds is 5. The Balaban J connectivity index is 2.19. The Morgan fingerprint density at radius 2 is 2.20 bits per heavy atom. The molecule has 0 aliphatic rings. The molecular formula is C15H22N4O. The zero-order valence-corrected chi connectivity index (χ0v) is 12.3. The van der Waals surface area contributed by atoms with Crippen LogP contribution >= 0.6 is 0 Å². The van der Waals surface area contributed by atoms with Crippen LogP contribution in [0, 0.1) is 5.92 Å². The van der Waals surface area contributed by atoms with Gasteiger partial charge in [-0.2, -0.15) is 5.10 Å². The number of fused-ring (bicyclic) bond motifs is 1. The van der Waals surface area contributed by atoms with Crippen molar-refractivity contribution in [1.29, 1.82) is 0 Å². The molecular weight excluding hydrogens is 252 g/mol. The summed E-state index contributed by atoms with van der Waals surface area (Å²) in [5, 5.41) is 8.24. The van der Waals surface area contributed by atoms with Gasteiger partial charge in [-0.1, -0.05) is 20.3 Å². The van der Waals surface area contributed by atoms with Crippen molar-refractivity contribution in [1.82, 2.24) is 9.78 Å². The summed E-state index contributed by atoms with van der Waals surface area (Å²) in [4.78, 5) is 12.1. The molecule has 0 bridgehead atoms. The third-order valence-corrected chi connectivity index (χ3v) is 3.77. The van der Waals surface area contributed by atoms with Gasteiger partial charge in [0.1, 0.15) is 0 Å². The summed E-state index contributed by atoms with van der Waals surface area (Å²) in [7, 11) is 0. The number of hydrogen-bond donors (Lipinski definition) is 2. The van der Waals surface area contributed by atoms with Crippen LogP contribution in [0.2, 0.25) is 0 Å². The zero-order chi connectivity index (χ0) is 14.7. The molecule has 20 heavy (non-hydrogen) atoms. The molecule has 0 saturated heterocycles. The van der Waals surface area contributed by atoms with Gasteiger partial charge in [-0.15, -0.1) is 0 Å². The maximum atomic E-state index is 12.1. The molecule has 3 N–H and O–H groups in total. The second-order valence-electron chi connectivity index (χ2n) is 5.13. The molecule has 5 nitrogen and oxygen atoms in total. The summed E-state index contributed by atoms with van der Waals surface area (Å²) in [6.07, 6.45) is 2.71. The number of nitrogens with zero attached hydrogens (tertiary/aromatic N) is 2. The molecule has 1 amide bonds. The highest BCUT2D eigenvalue weighted by atomic mass is 16.2. The fourth-order valence-electron chi connectivity index (χ4n) is 2.14. The molecule has 1 aromatic carbocycles. The van der Waals surface area contributed by atoms with E-state index in [2.05, 4.69) is 10.4 Å². The van der Waals surface area contributed by atoms with E-state index < -0.39 is 6.04 Å². The Kier molecular flexibility index (Phi) is 4.39. The van der Waals surface area contributed by atoms with Crippen LogP contribution in [0.4, 0.5) is 5.69 Å². The molecule has 2 atom stereocenters. The van der Waals surface area contributed by atoms with Crippen molar-refractivity contribution in [3.05, 3.63) is 24.4 Å². The van der Waals surface area contributed by atoms with E-state index in [1.807, 2.05) is 49.8 Å². The first-order chi connectivity index (χ1) is 9.56. The van der Waals surface area contributed by atoms with Crippen LogP contribution in [0.3, 0.4) is 0 Å². The van der Waals surface area contributed by atoms with E-state index in [1.54, 1.807) is 0 Å². The number of carbonyl (C=O) groups excluding carboxylic acids is 1. The van der Waals surface area contributed by atoms with Crippen molar-refractivity contribution >= 4 is 22.5 Å². The van der Waals surface area contributed by atoms with Gasteiger partial charge in [0.05, 0.1) is 17.8 Å². The first-order valence-corrected chi connectivity index (χ1v) is 7.08. The molecule has 1 heterocycles. The second kappa shape index (κ2) is 6.05. The van der Waals surface area contributed by atoms with E-state index in [4.69, 9.17) is 5.73 Å². The lowest BCUT2D eigenvalue weighted by Crippen LogP contribution is -2.40. The maximum Gasteiger partial charge on any atom is 0.241 e.